The number of nitrogens with one attached hydrogen (secondary N) is 1. The zero-order valence-electron chi connectivity index (χ0n) is 19.7. The molecule has 0 radical (unpaired) electrons. The van der Waals surface area contributed by atoms with Crippen molar-refractivity contribution in [3.05, 3.63) is 59.7 Å². The number of carboxylic acid groups (broad SMARTS) is 1. The predicted octanol–water partition coefficient (Wildman–Crippen LogP) is 4.26. The smallest absolute Gasteiger partial charge is 0.407 e. The molecule has 34 heavy (non-hydrogen) atoms. The number of amides is 2. The number of aliphatic carboxylic acids is 1. The fourth-order valence-electron chi connectivity index (χ4n) is 5.37. The lowest BCUT2D eigenvalue weighted by Gasteiger charge is -2.28. The average Bonchev–Trinajstić information content (AvgIpc) is 3.41. The summed E-state index contributed by atoms with van der Waals surface area (Å²) in [5.74, 6) is -1.70. The van der Waals surface area contributed by atoms with E-state index in [0.29, 0.717) is 32.4 Å². The van der Waals surface area contributed by atoms with Gasteiger partial charge in [-0.15, -0.1) is 0 Å². The third kappa shape index (κ3) is 4.65. The summed E-state index contributed by atoms with van der Waals surface area (Å²) in [5.41, 5.74) is 4.67. The summed E-state index contributed by atoms with van der Waals surface area (Å²) in [6.45, 7) is 4.77. The zero-order valence-corrected chi connectivity index (χ0v) is 19.7. The number of ether oxygens (including phenoxy) is 1. The van der Waals surface area contributed by atoms with Crippen molar-refractivity contribution in [1.29, 1.82) is 0 Å². The van der Waals surface area contributed by atoms with Crippen molar-refractivity contribution < 1.29 is 24.2 Å². The lowest BCUT2D eigenvalue weighted by atomic mass is 9.97. The van der Waals surface area contributed by atoms with E-state index in [1.165, 1.54) is 11.1 Å². The molecule has 1 aliphatic carbocycles. The Balaban J connectivity index is 1.26. The summed E-state index contributed by atoms with van der Waals surface area (Å²) < 4.78 is 5.55. The second-order valence-corrected chi connectivity index (χ2v) is 9.18. The van der Waals surface area contributed by atoms with Crippen molar-refractivity contribution in [3.63, 3.8) is 0 Å². The maximum Gasteiger partial charge on any atom is 0.407 e. The Morgan fingerprint density at radius 1 is 1.09 bits per heavy atom. The summed E-state index contributed by atoms with van der Waals surface area (Å²) in [7, 11) is 0. The maximum absolute atomic E-state index is 12.9. The number of rotatable bonds is 8. The Morgan fingerprint density at radius 2 is 1.71 bits per heavy atom. The third-order valence-corrected chi connectivity index (χ3v) is 7.18. The van der Waals surface area contributed by atoms with Gasteiger partial charge in [-0.05, 0) is 41.5 Å². The van der Waals surface area contributed by atoms with Gasteiger partial charge >= 0.3 is 12.1 Å². The minimum Gasteiger partial charge on any atom is -0.481 e. The SMILES string of the molecule is CCC1C(C(=O)O)CCN1C(=O)C(C)CCNC(=O)OCC1c2ccccc2-c2ccccc21. The van der Waals surface area contributed by atoms with Crippen LogP contribution in [0.2, 0.25) is 0 Å². The molecule has 1 heterocycles. The highest BCUT2D eigenvalue weighted by molar-refractivity contribution is 5.81. The zero-order chi connectivity index (χ0) is 24.2. The van der Waals surface area contributed by atoms with Gasteiger partial charge in [-0.3, -0.25) is 9.59 Å². The summed E-state index contributed by atoms with van der Waals surface area (Å²) in [4.78, 5) is 38.4. The van der Waals surface area contributed by atoms with Crippen molar-refractivity contribution in [3.8, 4) is 11.1 Å². The standard InChI is InChI=1S/C27H32N2O5/c1-3-24-22(26(31)32)13-15-29(24)25(30)17(2)12-14-28-27(33)34-16-23-20-10-6-4-8-18(20)19-9-5-7-11-21(19)23/h4-11,17,22-24H,3,12-16H2,1-2H3,(H,28,33)(H,31,32). The van der Waals surface area contributed by atoms with E-state index in [-0.39, 0.29) is 30.4 Å². The summed E-state index contributed by atoms with van der Waals surface area (Å²) in [5, 5.41) is 12.2. The van der Waals surface area contributed by atoms with Gasteiger partial charge in [-0.1, -0.05) is 62.4 Å². The molecule has 1 aliphatic heterocycles. The van der Waals surface area contributed by atoms with Gasteiger partial charge in [0.2, 0.25) is 5.91 Å². The Labute approximate surface area is 200 Å². The van der Waals surface area contributed by atoms with Gasteiger partial charge in [0, 0.05) is 31.0 Å². The number of fused-ring (bicyclic) bond motifs is 3. The molecule has 7 heteroatoms. The van der Waals surface area contributed by atoms with Crippen LogP contribution in [0.15, 0.2) is 48.5 Å². The van der Waals surface area contributed by atoms with Crippen molar-refractivity contribution in [2.45, 2.75) is 45.1 Å². The molecule has 0 saturated carbocycles. The van der Waals surface area contributed by atoms with Crippen LogP contribution in [0.3, 0.4) is 0 Å². The van der Waals surface area contributed by atoms with Gasteiger partial charge < -0.3 is 20.1 Å². The second kappa shape index (κ2) is 10.3. The molecular weight excluding hydrogens is 432 g/mol. The number of likely N-dealkylation sites (tertiary alicyclic amines) is 1. The third-order valence-electron chi connectivity index (χ3n) is 7.18. The molecule has 2 aromatic carbocycles. The van der Waals surface area contributed by atoms with Crippen LogP contribution in [-0.4, -0.2) is 53.7 Å². The molecule has 1 fully saturated rings. The molecule has 2 aliphatic rings. The normalized spacial score (nSPS) is 19.9. The lowest BCUT2D eigenvalue weighted by molar-refractivity contribution is -0.144. The Bertz CT molecular complexity index is 1020. The van der Waals surface area contributed by atoms with E-state index in [4.69, 9.17) is 4.74 Å². The number of hydrogen-bond acceptors (Lipinski definition) is 4. The molecule has 2 amide bonds. The summed E-state index contributed by atoms with van der Waals surface area (Å²) >= 11 is 0. The topological polar surface area (TPSA) is 95.9 Å². The van der Waals surface area contributed by atoms with Crippen molar-refractivity contribution in [2.24, 2.45) is 11.8 Å². The van der Waals surface area contributed by atoms with E-state index in [2.05, 4.69) is 29.6 Å². The van der Waals surface area contributed by atoms with Gasteiger partial charge in [-0.25, -0.2) is 4.79 Å². The van der Waals surface area contributed by atoms with E-state index in [1.54, 1.807) is 4.90 Å². The Kier molecular flexibility index (Phi) is 7.20. The lowest BCUT2D eigenvalue weighted by Crippen LogP contribution is -2.42. The summed E-state index contributed by atoms with van der Waals surface area (Å²) in [6, 6.07) is 16.1. The Morgan fingerprint density at radius 3 is 2.29 bits per heavy atom. The van der Waals surface area contributed by atoms with Crippen LogP contribution in [0.4, 0.5) is 4.79 Å². The number of carbonyl (C=O) groups excluding carboxylic acids is 2. The number of carbonyl (C=O) groups is 3. The van der Waals surface area contributed by atoms with E-state index in [0.717, 1.165) is 11.1 Å². The van der Waals surface area contributed by atoms with Crippen LogP contribution < -0.4 is 5.32 Å². The molecule has 1 saturated heterocycles. The predicted molar refractivity (Wildman–Crippen MR) is 128 cm³/mol. The molecule has 0 spiro atoms. The van der Waals surface area contributed by atoms with E-state index in [1.807, 2.05) is 38.1 Å². The minimum atomic E-state index is -0.841. The van der Waals surface area contributed by atoms with Crippen LogP contribution in [0.5, 0.6) is 0 Å². The fourth-order valence-corrected chi connectivity index (χ4v) is 5.37. The van der Waals surface area contributed by atoms with Gasteiger partial charge in [0.25, 0.3) is 0 Å². The quantitative estimate of drug-likeness (QED) is 0.609. The van der Waals surface area contributed by atoms with Gasteiger partial charge in [0.15, 0.2) is 0 Å². The molecule has 0 bridgehead atoms. The van der Waals surface area contributed by atoms with Gasteiger partial charge in [0.05, 0.1) is 5.92 Å². The maximum atomic E-state index is 12.9. The monoisotopic (exact) mass is 464 g/mol. The molecule has 4 rings (SSSR count). The number of carboxylic acids is 1. The molecule has 3 atom stereocenters. The first-order chi connectivity index (χ1) is 16.4. The molecular formula is C27H32N2O5. The van der Waals surface area contributed by atoms with Gasteiger partial charge in [0.1, 0.15) is 6.61 Å². The first-order valence-electron chi connectivity index (χ1n) is 12.0. The highest BCUT2D eigenvalue weighted by Gasteiger charge is 2.40. The van der Waals surface area contributed by atoms with E-state index in [9.17, 15) is 19.5 Å². The molecule has 7 nitrogen and oxygen atoms in total. The molecule has 0 aromatic heterocycles. The highest BCUT2D eigenvalue weighted by Crippen LogP contribution is 2.44. The van der Waals surface area contributed by atoms with Crippen molar-refractivity contribution in [1.82, 2.24) is 10.2 Å². The number of benzene rings is 2. The van der Waals surface area contributed by atoms with Crippen molar-refractivity contribution >= 4 is 18.0 Å². The molecule has 3 unspecified atom stereocenters. The van der Waals surface area contributed by atoms with E-state index < -0.39 is 18.0 Å². The fraction of sp³-hybridized carbons (Fsp3) is 0.444. The number of alkyl carbamates (subject to hydrolysis) is 1. The first kappa shape index (κ1) is 23.8. The first-order valence-corrected chi connectivity index (χ1v) is 12.0. The Hall–Kier alpha value is -3.35. The van der Waals surface area contributed by atoms with Crippen LogP contribution in [0.25, 0.3) is 11.1 Å². The molecule has 2 N–H and O–H groups in total. The number of hydrogen-bond donors (Lipinski definition) is 2. The minimum absolute atomic E-state index is 0.00183. The highest BCUT2D eigenvalue weighted by atomic mass is 16.5. The van der Waals surface area contributed by atoms with Crippen LogP contribution in [0.1, 0.15) is 50.2 Å². The molecule has 2 aromatic rings. The molecule has 180 valence electrons. The van der Waals surface area contributed by atoms with Gasteiger partial charge in [-0.2, -0.15) is 0 Å². The van der Waals surface area contributed by atoms with Crippen molar-refractivity contribution in [2.75, 3.05) is 19.7 Å². The van der Waals surface area contributed by atoms with E-state index >= 15 is 0 Å². The summed E-state index contributed by atoms with van der Waals surface area (Å²) in [6.07, 6.45) is 1.07. The van der Waals surface area contributed by atoms with Crippen LogP contribution in [0, 0.1) is 11.8 Å². The van der Waals surface area contributed by atoms with Crippen LogP contribution in [-0.2, 0) is 14.3 Å². The van der Waals surface area contributed by atoms with Crippen LogP contribution >= 0.6 is 0 Å². The average molecular weight is 465 g/mol. The second-order valence-electron chi connectivity index (χ2n) is 9.18. The largest absolute Gasteiger partial charge is 0.481 e. The number of nitrogens with zero attached hydrogens (tertiary/aromatic N) is 1.